The topological polar surface area (TPSA) is 84.9 Å². The molecule has 2 aliphatic rings. The fourth-order valence-corrected chi connectivity index (χ4v) is 4.40. The van der Waals surface area contributed by atoms with Crippen LogP contribution in [0.5, 0.6) is 0 Å². The van der Waals surface area contributed by atoms with Crippen LogP contribution in [0.1, 0.15) is 30.0 Å². The molecule has 4 rings (SSSR count). The zero-order valence-electron chi connectivity index (χ0n) is 22.3. The van der Waals surface area contributed by atoms with Crippen molar-refractivity contribution in [3.05, 3.63) is 64.6 Å². The second-order valence-electron chi connectivity index (χ2n) is 9.44. The van der Waals surface area contributed by atoms with Crippen molar-refractivity contribution in [1.29, 1.82) is 0 Å². The lowest BCUT2D eigenvalue weighted by molar-refractivity contribution is -0.138. The number of hydrogen-bond donors (Lipinski definition) is 3. The van der Waals surface area contributed by atoms with Gasteiger partial charge in [0.25, 0.3) is 0 Å². The number of anilines is 2. The molecule has 0 saturated carbocycles. The molecule has 0 radical (unpaired) electrons. The maximum atomic E-state index is 14.2. The van der Waals surface area contributed by atoms with Crippen LogP contribution in [0.4, 0.5) is 33.9 Å². The number of carbonyl (C=O) groups excluding carboxylic acids is 1. The molecule has 0 spiro atoms. The minimum atomic E-state index is -4.57. The molecule has 0 bridgehead atoms. The van der Waals surface area contributed by atoms with E-state index in [1.165, 1.54) is 30.6 Å². The van der Waals surface area contributed by atoms with E-state index in [4.69, 9.17) is 0 Å². The highest BCUT2D eigenvalue weighted by Crippen LogP contribution is 2.34. The number of carbonyl (C=O) groups is 1. The van der Waals surface area contributed by atoms with Gasteiger partial charge in [-0.15, -0.1) is 0 Å². The third kappa shape index (κ3) is 7.88. The Hall–Kier alpha value is -3.79. The number of allylic oxidation sites excluding steroid dienone is 1. The summed E-state index contributed by atoms with van der Waals surface area (Å²) in [6, 6.07) is 6.10. The number of nitrogens with zero attached hydrogens (tertiary/aromatic N) is 4. The highest BCUT2D eigenvalue weighted by molar-refractivity contribution is 5.99. The van der Waals surface area contributed by atoms with Gasteiger partial charge >= 0.3 is 12.2 Å². The highest BCUT2D eigenvalue weighted by atomic mass is 19.4. The van der Waals surface area contributed by atoms with Crippen LogP contribution in [0.15, 0.2) is 52.9 Å². The molecule has 1 fully saturated rings. The largest absolute Gasteiger partial charge is 0.416 e. The average Bonchev–Trinajstić information content (AvgIpc) is 2.93. The normalized spacial score (nSPS) is 18.3. The predicted octanol–water partition coefficient (Wildman–Crippen LogP) is 4.48. The monoisotopic (exact) mass is 557 g/mol. The van der Waals surface area contributed by atoms with Gasteiger partial charge in [-0.2, -0.15) is 13.2 Å². The van der Waals surface area contributed by atoms with E-state index >= 15 is 0 Å². The molecule has 212 valence electrons. The van der Waals surface area contributed by atoms with Gasteiger partial charge in [0, 0.05) is 62.8 Å². The molecular weight excluding hydrogens is 526 g/mol. The number of hydrogen-bond acceptors (Lipinski definition) is 6. The van der Waals surface area contributed by atoms with Crippen molar-refractivity contribution < 1.29 is 22.4 Å². The van der Waals surface area contributed by atoms with E-state index in [2.05, 4.69) is 49.6 Å². The van der Waals surface area contributed by atoms with Crippen molar-refractivity contribution in [3.63, 3.8) is 0 Å². The van der Waals surface area contributed by atoms with E-state index in [9.17, 15) is 22.4 Å². The Balaban J connectivity index is 1.40. The summed E-state index contributed by atoms with van der Waals surface area (Å²) < 4.78 is 55.9. The van der Waals surface area contributed by atoms with Crippen LogP contribution in [0.3, 0.4) is 0 Å². The molecule has 1 unspecified atom stereocenters. The number of piperazine rings is 1. The smallest absolute Gasteiger partial charge is 0.308 e. The summed E-state index contributed by atoms with van der Waals surface area (Å²) in [4.78, 5) is 25.0. The van der Waals surface area contributed by atoms with E-state index in [1.807, 2.05) is 4.90 Å². The minimum Gasteiger partial charge on any atom is -0.308 e. The van der Waals surface area contributed by atoms with Crippen molar-refractivity contribution in [2.75, 3.05) is 50.4 Å². The minimum absolute atomic E-state index is 0.000745. The molecule has 1 aromatic heterocycles. The second kappa shape index (κ2) is 13.0. The summed E-state index contributed by atoms with van der Waals surface area (Å²) in [5, 5.41) is 7.80. The number of likely N-dealkylation sites (N-methyl/N-ethyl adjacent to an activating group) is 1. The molecule has 2 aliphatic heterocycles. The molecule has 2 amide bonds. The number of amides is 2. The molecule has 1 aromatic carbocycles. The van der Waals surface area contributed by atoms with E-state index in [0.717, 1.165) is 25.7 Å². The fourth-order valence-electron chi connectivity index (χ4n) is 4.40. The molecule has 1 saturated heterocycles. The summed E-state index contributed by atoms with van der Waals surface area (Å²) >= 11 is 0. The molecule has 12 heteroatoms. The van der Waals surface area contributed by atoms with Crippen molar-refractivity contribution in [3.8, 4) is 11.8 Å². The van der Waals surface area contributed by atoms with Crippen LogP contribution in [-0.4, -0.2) is 73.0 Å². The summed E-state index contributed by atoms with van der Waals surface area (Å²) in [5.74, 6) is 5.28. The number of rotatable bonds is 6. The van der Waals surface area contributed by atoms with E-state index in [-0.39, 0.29) is 47.6 Å². The Kier molecular flexibility index (Phi) is 9.52. The fraction of sp³-hybridized carbons (Fsp3) is 0.393. The van der Waals surface area contributed by atoms with E-state index in [0.29, 0.717) is 18.7 Å². The van der Waals surface area contributed by atoms with Crippen LogP contribution in [0.25, 0.3) is 0 Å². The Morgan fingerprint density at radius 3 is 2.50 bits per heavy atom. The Morgan fingerprint density at radius 2 is 1.82 bits per heavy atom. The lowest BCUT2D eigenvalue weighted by Crippen LogP contribution is -2.45. The molecular formula is C28H31F4N7O. The number of aromatic nitrogens is 1. The van der Waals surface area contributed by atoms with Gasteiger partial charge in [0.15, 0.2) is 0 Å². The van der Waals surface area contributed by atoms with Crippen molar-refractivity contribution in [1.82, 2.24) is 20.1 Å². The first kappa shape index (κ1) is 29.2. The maximum Gasteiger partial charge on any atom is 0.416 e. The second-order valence-corrected chi connectivity index (χ2v) is 9.44. The number of benzene rings is 1. The standard InChI is InChI=1S/C28H31F4N7O/c1-3-38-10-12-39(13-11-38)18-21-6-7-22(15-23(21)28(30,31)32)36-27(40)37-26-14-19(8-9-34-26)4-5-20-17-35-25(33-2)16-24(20)29/h6-9,14-15,17,25,33H,3,10-13,16,18H2,1-2H3,(H2,34,36,37,40). The quantitative estimate of drug-likeness (QED) is 0.361. The van der Waals surface area contributed by atoms with Gasteiger partial charge < -0.3 is 10.2 Å². The first-order valence-corrected chi connectivity index (χ1v) is 12.9. The summed E-state index contributed by atoms with van der Waals surface area (Å²) in [7, 11) is 1.69. The van der Waals surface area contributed by atoms with Gasteiger partial charge in [-0.1, -0.05) is 24.8 Å². The summed E-state index contributed by atoms with van der Waals surface area (Å²) in [5.41, 5.74) is -0.0000472. The SMILES string of the molecule is CCN1CCN(Cc2ccc(NC(=O)Nc3cc(C#CC4=C(F)CC(NC)N=C4)ccn3)cc2C(F)(F)F)CC1. The van der Waals surface area contributed by atoms with E-state index in [1.54, 1.807) is 13.1 Å². The number of alkyl halides is 3. The van der Waals surface area contributed by atoms with Crippen LogP contribution >= 0.6 is 0 Å². The van der Waals surface area contributed by atoms with Crippen molar-refractivity contribution in [2.24, 2.45) is 4.99 Å². The van der Waals surface area contributed by atoms with Crippen molar-refractivity contribution in [2.45, 2.75) is 32.2 Å². The Bertz CT molecular complexity index is 1340. The molecule has 3 N–H and O–H groups in total. The number of pyridine rings is 1. The zero-order chi connectivity index (χ0) is 28.7. The van der Waals surface area contributed by atoms with E-state index < -0.39 is 17.8 Å². The first-order valence-electron chi connectivity index (χ1n) is 12.9. The van der Waals surface area contributed by atoms with Crippen LogP contribution in [0, 0.1) is 11.8 Å². The third-order valence-electron chi connectivity index (χ3n) is 6.70. The molecule has 1 atom stereocenters. The summed E-state index contributed by atoms with van der Waals surface area (Å²) in [6.07, 6.45) is -2.02. The average molecular weight is 558 g/mol. The number of urea groups is 1. The number of dihydropyridines is 1. The van der Waals surface area contributed by atoms with Gasteiger partial charge in [0.1, 0.15) is 17.8 Å². The Labute approximate surface area is 230 Å². The molecule has 0 aliphatic carbocycles. The maximum absolute atomic E-state index is 14.2. The van der Waals surface area contributed by atoms with Gasteiger partial charge in [0.2, 0.25) is 0 Å². The molecule has 2 aromatic rings. The van der Waals surface area contributed by atoms with Gasteiger partial charge in [-0.05, 0) is 43.4 Å². The summed E-state index contributed by atoms with van der Waals surface area (Å²) in [6.45, 7) is 6.19. The lowest BCUT2D eigenvalue weighted by atomic mass is 10.0. The van der Waals surface area contributed by atoms with Crippen LogP contribution < -0.4 is 16.0 Å². The zero-order valence-corrected chi connectivity index (χ0v) is 22.3. The van der Waals surface area contributed by atoms with Gasteiger partial charge in [-0.25, -0.2) is 14.2 Å². The lowest BCUT2D eigenvalue weighted by Gasteiger charge is -2.34. The van der Waals surface area contributed by atoms with Gasteiger partial charge in [-0.3, -0.25) is 20.5 Å². The number of aliphatic imine (C=N–C) groups is 1. The third-order valence-corrected chi connectivity index (χ3v) is 6.70. The van der Waals surface area contributed by atoms with Crippen LogP contribution in [-0.2, 0) is 12.7 Å². The molecule has 3 heterocycles. The first-order chi connectivity index (χ1) is 19.1. The Morgan fingerprint density at radius 1 is 1.07 bits per heavy atom. The number of halogens is 4. The van der Waals surface area contributed by atoms with Crippen molar-refractivity contribution >= 4 is 23.8 Å². The van der Waals surface area contributed by atoms with Gasteiger partial charge in [0.05, 0.1) is 11.1 Å². The number of nitrogens with one attached hydrogen (secondary N) is 3. The molecule has 8 nitrogen and oxygen atoms in total. The predicted molar refractivity (Wildman–Crippen MR) is 147 cm³/mol. The molecule has 40 heavy (non-hydrogen) atoms. The van der Waals surface area contributed by atoms with Crippen LogP contribution in [0.2, 0.25) is 0 Å². The highest BCUT2D eigenvalue weighted by Gasteiger charge is 2.34.